The number of hydrogen-bond donors (Lipinski definition) is 0. The Morgan fingerprint density at radius 1 is 1.21 bits per heavy atom. The Balaban J connectivity index is 1.40. The molecular formula is C18H22N4O2. The molecule has 0 spiro atoms. The fourth-order valence-electron chi connectivity index (χ4n) is 4.08. The van der Waals surface area contributed by atoms with Crippen molar-refractivity contribution in [3.63, 3.8) is 0 Å². The van der Waals surface area contributed by atoms with E-state index in [-0.39, 0.29) is 11.5 Å². The van der Waals surface area contributed by atoms with Gasteiger partial charge in [-0.15, -0.1) is 0 Å². The third-order valence-corrected chi connectivity index (χ3v) is 5.17. The third kappa shape index (κ3) is 2.88. The molecule has 1 saturated heterocycles. The molecule has 24 heavy (non-hydrogen) atoms. The van der Waals surface area contributed by atoms with Crippen molar-refractivity contribution in [2.75, 3.05) is 13.1 Å². The lowest BCUT2D eigenvalue weighted by Crippen LogP contribution is -2.49. The van der Waals surface area contributed by atoms with Gasteiger partial charge in [0, 0.05) is 62.7 Å². The predicted octanol–water partition coefficient (Wildman–Crippen LogP) is 1.47. The molecule has 2 aliphatic rings. The molecule has 2 aliphatic heterocycles. The molecular weight excluding hydrogens is 304 g/mol. The summed E-state index contributed by atoms with van der Waals surface area (Å²) >= 11 is 0. The summed E-state index contributed by atoms with van der Waals surface area (Å²) in [4.78, 5) is 26.6. The Hall–Kier alpha value is -2.37. The number of nitrogens with zero attached hydrogens (tertiary/aromatic N) is 4. The summed E-state index contributed by atoms with van der Waals surface area (Å²) in [6, 6.07) is 7.39. The van der Waals surface area contributed by atoms with Gasteiger partial charge < -0.3 is 9.47 Å². The summed E-state index contributed by atoms with van der Waals surface area (Å²) in [6.07, 6.45) is 6.13. The van der Waals surface area contributed by atoms with Crippen LogP contribution in [0, 0.1) is 5.92 Å². The second-order valence-corrected chi connectivity index (χ2v) is 6.87. The molecule has 2 bridgehead atoms. The normalized spacial score (nSPS) is 22.2. The molecule has 0 radical (unpaired) electrons. The van der Waals surface area contributed by atoms with Crippen molar-refractivity contribution in [3.05, 3.63) is 52.7 Å². The first-order chi connectivity index (χ1) is 11.7. The van der Waals surface area contributed by atoms with Crippen molar-refractivity contribution in [3.8, 4) is 0 Å². The second kappa shape index (κ2) is 6.26. The van der Waals surface area contributed by atoms with E-state index in [4.69, 9.17) is 0 Å². The zero-order valence-corrected chi connectivity index (χ0v) is 13.7. The van der Waals surface area contributed by atoms with Gasteiger partial charge in [-0.25, -0.2) is 0 Å². The van der Waals surface area contributed by atoms with E-state index in [0.29, 0.717) is 18.3 Å². The summed E-state index contributed by atoms with van der Waals surface area (Å²) in [5, 5.41) is 4.16. The summed E-state index contributed by atoms with van der Waals surface area (Å²) in [5.41, 5.74) is 1.17. The van der Waals surface area contributed by atoms with Gasteiger partial charge in [-0.2, -0.15) is 5.10 Å². The van der Waals surface area contributed by atoms with Gasteiger partial charge in [-0.3, -0.25) is 14.3 Å². The van der Waals surface area contributed by atoms with Crippen LogP contribution in [0.15, 0.2) is 41.5 Å². The van der Waals surface area contributed by atoms with E-state index in [0.717, 1.165) is 44.7 Å². The van der Waals surface area contributed by atoms with Crippen molar-refractivity contribution >= 4 is 5.91 Å². The van der Waals surface area contributed by atoms with Crippen LogP contribution in [-0.2, 0) is 17.9 Å². The molecule has 0 aliphatic carbocycles. The van der Waals surface area contributed by atoms with Gasteiger partial charge in [-0.05, 0) is 30.9 Å². The molecule has 0 aromatic carbocycles. The molecule has 0 unspecified atom stereocenters. The van der Waals surface area contributed by atoms with E-state index in [1.54, 1.807) is 12.3 Å². The second-order valence-electron chi connectivity index (χ2n) is 6.87. The average Bonchev–Trinajstić information content (AvgIpc) is 3.09. The molecule has 1 amide bonds. The Morgan fingerprint density at radius 3 is 2.96 bits per heavy atom. The van der Waals surface area contributed by atoms with E-state index >= 15 is 0 Å². The number of hydrogen-bond acceptors (Lipinski definition) is 3. The highest BCUT2D eigenvalue weighted by Crippen LogP contribution is 2.35. The summed E-state index contributed by atoms with van der Waals surface area (Å²) in [5.74, 6) is 0.913. The van der Waals surface area contributed by atoms with Crippen LogP contribution in [0.3, 0.4) is 0 Å². The maximum Gasteiger partial charge on any atom is 0.250 e. The lowest BCUT2D eigenvalue weighted by molar-refractivity contribution is -0.134. The molecule has 6 heteroatoms. The van der Waals surface area contributed by atoms with Gasteiger partial charge >= 0.3 is 0 Å². The molecule has 6 nitrogen and oxygen atoms in total. The molecule has 0 saturated carbocycles. The van der Waals surface area contributed by atoms with Crippen molar-refractivity contribution in [2.24, 2.45) is 5.92 Å². The number of fused-ring (bicyclic) bond motifs is 4. The van der Waals surface area contributed by atoms with Crippen LogP contribution in [0.1, 0.15) is 30.9 Å². The molecule has 1 fully saturated rings. The minimum Gasteiger partial charge on any atom is -0.342 e. The van der Waals surface area contributed by atoms with Gasteiger partial charge in [0.1, 0.15) is 0 Å². The number of amides is 1. The Kier molecular flexibility index (Phi) is 3.96. The van der Waals surface area contributed by atoms with E-state index in [1.165, 1.54) is 0 Å². The summed E-state index contributed by atoms with van der Waals surface area (Å²) < 4.78 is 3.76. The van der Waals surface area contributed by atoms with Crippen LogP contribution < -0.4 is 5.56 Å². The monoisotopic (exact) mass is 326 g/mol. The lowest BCUT2D eigenvalue weighted by Gasteiger charge is -2.42. The fraction of sp³-hybridized carbons (Fsp3) is 0.500. The minimum absolute atomic E-state index is 0.0844. The Labute approximate surface area is 140 Å². The zero-order chi connectivity index (χ0) is 16.5. The Bertz CT molecular complexity index is 781. The van der Waals surface area contributed by atoms with Crippen molar-refractivity contribution in [2.45, 2.75) is 38.3 Å². The number of aromatic nitrogens is 3. The first-order valence-electron chi connectivity index (χ1n) is 8.65. The lowest BCUT2D eigenvalue weighted by atomic mass is 9.83. The quantitative estimate of drug-likeness (QED) is 0.855. The standard InChI is InChI=1S/C18H22N4O2/c23-17(6-2-8-21-9-3-7-19-21)20-11-14-10-15(13-20)16-4-1-5-18(24)22(16)12-14/h1,3-5,7,9,14-15H,2,6,8,10-13H2/t14-,15-/m1/s1. The number of carbonyl (C=O) groups is 1. The van der Waals surface area contributed by atoms with Gasteiger partial charge in [0.15, 0.2) is 0 Å². The van der Waals surface area contributed by atoms with Crippen LogP contribution in [0.5, 0.6) is 0 Å². The Morgan fingerprint density at radius 2 is 2.12 bits per heavy atom. The van der Waals surface area contributed by atoms with E-state index in [9.17, 15) is 9.59 Å². The van der Waals surface area contributed by atoms with Gasteiger partial charge in [0.25, 0.3) is 5.56 Å². The third-order valence-electron chi connectivity index (χ3n) is 5.17. The summed E-state index contributed by atoms with van der Waals surface area (Å²) in [7, 11) is 0. The number of carbonyl (C=O) groups excluding carboxylic acids is 1. The predicted molar refractivity (Wildman–Crippen MR) is 89.6 cm³/mol. The average molecular weight is 326 g/mol. The first-order valence-corrected chi connectivity index (χ1v) is 8.65. The molecule has 2 atom stereocenters. The molecule has 2 aromatic rings. The molecule has 2 aromatic heterocycles. The molecule has 126 valence electrons. The topological polar surface area (TPSA) is 60.1 Å². The number of rotatable bonds is 4. The van der Waals surface area contributed by atoms with Crippen molar-refractivity contribution < 1.29 is 4.79 Å². The highest BCUT2D eigenvalue weighted by Gasteiger charge is 2.35. The van der Waals surface area contributed by atoms with Gasteiger partial charge in [-0.1, -0.05) is 6.07 Å². The number of likely N-dealkylation sites (tertiary alicyclic amines) is 1. The van der Waals surface area contributed by atoms with E-state index in [1.807, 2.05) is 38.5 Å². The van der Waals surface area contributed by atoms with Gasteiger partial charge in [0.2, 0.25) is 5.91 Å². The fourth-order valence-corrected chi connectivity index (χ4v) is 4.08. The largest absolute Gasteiger partial charge is 0.342 e. The number of pyridine rings is 1. The van der Waals surface area contributed by atoms with E-state index in [2.05, 4.69) is 5.10 Å². The number of piperidine rings is 1. The van der Waals surface area contributed by atoms with Crippen LogP contribution in [0.2, 0.25) is 0 Å². The van der Waals surface area contributed by atoms with Crippen LogP contribution in [0.25, 0.3) is 0 Å². The zero-order valence-electron chi connectivity index (χ0n) is 13.7. The highest BCUT2D eigenvalue weighted by molar-refractivity contribution is 5.76. The summed E-state index contributed by atoms with van der Waals surface area (Å²) in [6.45, 7) is 3.03. The molecule has 0 N–H and O–H groups in total. The molecule has 4 rings (SSSR count). The van der Waals surface area contributed by atoms with Crippen LogP contribution in [0.4, 0.5) is 0 Å². The minimum atomic E-state index is 0.0844. The smallest absolute Gasteiger partial charge is 0.250 e. The van der Waals surface area contributed by atoms with Crippen LogP contribution >= 0.6 is 0 Å². The SMILES string of the molecule is O=C(CCCn1cccn1)N1C[C@H]2C[C@H](C1)c1cccc(=O)n1C2. The maximum absolute atomic E-state index is 12.6. The number of aryl methyl sites for hydroxylation is 1. The van der Waals surface area contributed by atoms with Crippen LogP contribution in [-0.4, -0.2) is 38.2 Å². The molecule has 4 heterocycles. The first kappa shape index (κ1) is 15.2. The van der Waals surface area contributed by atoms with Crippen molar-refractivity contribution in [1.82, 2.24) is 19.2 Å². The maximum atomic E-state index is 12.6. The van der Waals surface area contributed by atoms with E-state index < -0.39 is 0 Å². The van der Waals surface area contributed by atoms with Crippen molar-refractivity contribution in [1.29, 1.82) is 0 Å². The highest BCUT2D eigenvalue weighted by atomic mass is 16.2. The van der Waals surface area contributed by atoms with Gasteiger partial charge in [0.05, 0.1) is 0 Å².